The second kappa shape index (κ2) is 6.80. The highest BCUT2D eigenvalue weighted by Gasteiger charge is 2.41. The zero-order valence-electron chi connectivity index (χ0n) is 16.4. The molecule has 0 saturated heterocycles. The van der Waals surface area contributed by atoms with E-state index < -0.39 is 0 Å². The highest BCUT2D eigenvalue weighted by molar-refractivity contribution is 5.95. The van der Waals surface area contributed by atoms with Gasteiger partial charge in [0.05, 0.1) is 10.9 Å². The van der Waals surface area contributed by atoms with Crippen molar-refractivity contribution in [1.29, 1.82) is 0 Å². The molecule has 3 aromatic heterocycles. The molecule has 1 aliphatic rings. The maximum absolute atomic E-state index is 13.5. The van der Waals surface area contributed by atoms with Crippen LogP contribution in [-0.2, 0) is 0 Å². The standard InChI is InChI=1S/C25H17FN4O/c26-18-5-7-21-16(10-18)4-6-22(29-21)20-11-23(20)30-9-8-15-2-1-3-19(24(15)25(30)31)17-12-27-14-28-13-17/h1-10,12-14,20,23H,11H2. The van der Waals surface area contributed by atoms with E-state index in [1.165, 1.54) is 18.5 Å². The summed E-state index contributed by atoms with van der Waals surface area (Å²) in [5, 5.41) is 2.34. The first-order valence-electron chi connectivity index (χ1n) is 10.1. The Labute approximate surface area is 176 Å². The Morgan fingerprint density at radius 1 is 0.968 bits per heavy atom. The maximum atomic E-state index is 13.5. The molecule has 1 saturated carbocycles. The van der Waals surface area contributed by atoms with Gasteiger partial charge in [0, 0.05) is 47.2 Å². The van der Waals surface area contributed by atoms with Gasteiger partial charge in [-0.25, -0.2) is 14.4 Å². The van der Waals surface area contributed by atoms with Gasteiger partial charge in [-0.3, -0.25) is 9.78 Å². The van der Waals surface area contributed by atoms with Crippen LogP contribution in [0.4, 0.5) is 4.39 Å². The number of hydrogen-bond donors (Lipinski definition) is 0. The third-order valence-electron chi connectivity index (χ3n) is 6.00. The number of nitrogens with zero attached hydrogens (tertiary/aromatic N) is 4. The fourth-order valence-corrected chi connectivity index (χ4v) is 4.37. The van der Waals surface area contributed by atoms with Crippen molar-refractivity contribution in [2.45, 2.75) is 18.4 Å². The van der Waals surface area contributed by atoms with Crippen LogP contribution in [0.2, 0.25) is 0 Å². The molecule has 6 heteroatoms. The molecule has 5 aromatic rings. The summed E-state index contributed by atoms with van der Waals surface area (Å²) in [6.45, 7) is 0. The Kier molecular flexibility index (Phi) is 3.93. The number of halogens is 1. The molecular weight excluding hydrogens is 391 g/mol. The van der Waals surface area contributed by atoms with E-state index in [-0.39, 0.29) is 23.3 Å². The molecule has 6 rings (SSSR count). The van der Waals surface area contributed by atoms with Gasteiger partial charge in [-0.05, 0) is 47.7 Å². The van der Waals surface area contributed by atoms with E-state index in [0.717, 1.165) is 39.5 Å². The molecule has 0 N–H and O–H groups in total. The summed E-state index contributed by atoms with van der Waals surface area (Å²) in [7, 11) is 0. The summed E-state index contributed by atoms with van der Waals surface area (Å²) in [6, 6.07) is 16.3. The second-order valence-corrected chi connectivity index (χ2v) is 7.91. The first kappa shape index (κ1) is 17.9. The molecular formula is C25H17FN4O. The van der Waals surface area contributed by atoms with Crippen molar-refractivity contribution in [3.8, 4) is 11.1 Å². The Morgan fingerprint density at radius 2 is 1.84 bits per heavy atom. The Bertz CT molecular complexity index is 1510. The average Bonchev–Trinajstić information content (AvgIpc) is 3.60. The van der Waals surface area contributed by atoms with Crippen LogP contribution in [0.5, 0.6) is 0 Å². The number of pyridine rings is 2. The molecule has 3 heterocycles. The van der Waals surface area contributed by atoms with Crippen LogP contribution in [0.1, 0.15) is 24.1 Å². The van der Waals surface area contributed by atoms with E-state index >= 15 is 0 Å². The van der Waals surface area contributed by atoms with Crippen LogP contribution in [0.25, 0.3) is 32.8 Å². The highest BCUT2D eigenvalue weighted by atomic mass is 19.1. The molecule has 0 radical (unpaired) electrons. The van der Waals surface area contributed by atoms with Crippen LogP contribution in [0.3, 0.4) is 0 Å². The van der Waals surface area contributed by atoms with E-state index in [4.69, 9.17) is 4.98 Å². The molecule has 5 nitrogen and oxygen atoms in total. The van der Waals surface area contributed by atoms with Crippen molar-refractivity contribution in [2.75, 3.05) is 0 Å². The fourth-order valence-electron chi connectivity index (χ4n) is 4.37. The zero-order chi connectivity index (χ0) is 20.9. The molecule has 2 atom stereocenters. The molecule has 150 valence electrons. The van der Waals surface area contributed by atoms with Crippen LogP contribution in [0.15, 0.2) is 84.3 Å². The fraction of sp³-hybridized carbons (Fsp3) is 0.120. The first-order chi connectivity index (χ1) is 15.2. The summed E-state index contributed by atoms with van der Waals surface area (Å²) in [5.74, 6) is -0.106. The molecule has 2 unspecified atom stereocenters. The monoisotopic (exact) mass is 408 g/mol. The molecule has 2 aromatic carbocycles. The lowest BCUT2D eigenvalue weighted by Crippen LogP contribution is -2.19. The van der Waals surface area contributed by atoms with E-state index in [1.54, 1.807) is 18.5 Å². The number of fused-ring (bicyclic) bond motifs is 2. The predicted molar refractivity (Wildman–Crippen MR) is 117 cm³/mol. The molecule has 1 fully saturated rings. The van der Waals surface area contributed by atoms with Gasteiger partial charge in [0.1, 0.15) is 12.1 Å². The quantitative estimate of drug-likeness (QED) is 0.427. The van der Waals surface area contributed by atoms with Crippen molar-refractivity contribution >= 4 is 21.7 Å². The average molecular weight is 408 g/mol. The van der Waals surface area contributed by atoms with E-state index in [0.29, 0.717) is 5.39 Å². The first-order valence-corrected chi connectivity index (χ1v) is 10.1. The molecule has 0 amide bonds. The van der Waals surface area contributed by atoms with Gasteiger partial charge >= 0.3 is 0 Å². The smallest absolute Gasteiger partial charge is 0.259 e. The van der Waals surface area contributed by atoms with E-state index in [9.17, 15) is 9.18 Å². The second-order valence-electron chi connectivity index (χ2n) is 7.91. The topological polar surface area (TPSA) is 60.7 Å². The number of hydrogen-bond acceptors (Lipinski definition) is 4. The minimum atomic E-state index is -0.270. The van der Waals surface area contributed by atoms with Crippen LogP contribution < -0.4 is 5.56 Å². The summed E-state index contributed by atoms with van der Waals surface area (Å²) < 4.78 is 15.3. The summed E-state index contributed by atoms with van der Waals surface area (Å²) in [4.78, 5) is 26.4. The minimum absolute atomic E-state index is 0.0210. The van der Waals surface area contributed by atoms with Gasteiger partial charge in [0.25, 0.3) is 5.56 Å². The largest absolute Gasteiger partial charge is 0.311 e. The molecule has 0 bridgehead atoms. The van der Waals surface area contributed by atoms with E-state index in [1.807, 2.05) is 47.2 Å². The normalized spacial score (nSPS) is 17.8. The van der Waals surface area contributed by atoms with Gasteiger partial charge in [-0.15, -0.1) is 0 Å². The highest BCUT2D eigenvalue weighted by Crippen LogP contribution is 2.50. The predicted octanol–water partition coefficient (Wildman–Crippen LogP) is 4.87. The maximum Gasteiger partial charge on any atom is 0.259 e. The minimum Gasteiger partial charge on any atom is -0.311 e. The number of benzene rings is 2. The van der Waals surface area contributed by atoms with Gasteiger partial charge < -0.3 is 4.57 Å². The van der Waals surface area contributed by atoms with E-state index in [2.05, 4.69) is 9.97 Å². The molecule has 31 heavy (non-hydrogen) atoms. The van der Waals surface area contributed by atoms with Crippen LogP contribution in [-0.4, -0.2) is 19.5 Å². The van der Waals surface area contributed by atoms with Gasteiger partial charge in [0.2, 0.25) is 0 Å². The number of rotatable bonds is 3. The van der Waals surface area contributed by atoms with Crippen molar-refractivity contribution in [2.24, 2.45) is 0 Å². The van der Waals surface area contributed by atoms with Crippen LogP contribution >= 0.6 is 0 Å². The van der Waals surface area contributed by atoms with Gasteiger partial charge in [0.15, 0.2) is 0 Å². The third kappa shape index (κ3) is 2.99. The summed E-state index contributed by atoms with van der Waals surface area (Å²) in [5.41, 5.74) is 3.33. The van der Waals surface area contributed by atoms with Crippen molar-refractivity contribution < 1.29 is 4.39 Å². The van der Waals surface area contributed by atoms with Crippen LogP contribution in [0, 0.1) is 5.82 Å². The molecule has 0 spiro atoms. The Hall–Kier alpha value is -3.93. The van der Waals surface area contributed by atoms with Crippen molar-refractivity contribution in [1.82, 2.24) is 19.5 Å². The SMILES string of the molecule is O=c1c2c(-c3cncnc3)cccc2ccn1C1CC1c1ccc2cc(F)ccc2n1. The molecule has 1 aliphatic carbocycles. The Morgan fingerprint density at radius 3 is 2.71 bits per heavy atom. The zero-order valence-corrected chi connectivity index (χ0v) is 16.4. The number of aromatic nitrogens is 4. The summed E-state index contributed by atoms with van der Waals surface area (Å²) >= 11 is 0. The lowest BCUT2D eigenvalue weighted by molar-refractivity contribution is 0.629. The molecule has 0 aliphatic heterocycles. The van der Waals surface area contributed by atoms with Gasteiger partial charge in [-0.1, -0.05) is 24.3 Å². The summed E-state index contributed by atoms with van der Waals surface area (Å²) in [6.07, 6.45) is 7.64. The lowest BCUT2D eigenvalue weighted by Gasteiger charge is -2.10. The van der Waals surface area contributed by atoms with Crippen molar-refractivity contribution in [3.63, 3.8) is 0 Å². The van der Waals surface area contributed by atoms with Gasteiger partial charge in [-0.2, -0.15) is 0 Å². The lowest BCUT2D eigenvalue weighted by atomic mass is 10.0. The third-order valence-corrected chi connectivity index (χ3v) is 6.00. The Balaban J connectivity index is 1.41. The van der Waals surface area contributed by atoms with Crippen molar-refractivity contribution in [3.05, 3.63) is 101 Å².